The van der Waals surface area contributed by atoms with Gasteiger partial charge >= 0.3 is 0 Å². The molecule has 1 amide bonds. The number of aromatic nitrogens is 2. The largest absolute Gasteiger partial charge is 0.351 e. The highest BCUT2D eigenvalue weighted by Gasteiger charge is 2.14. The van der Waals surface area contributed by atoms with Crippen molar-refractivity contribution in [1.29, 1.82) is 0 Å². The number of hydrogen-bond donors (Lipinski definition) is 3. The van der Waals surface area contributed by atoms with Crippen LogP contribution in [0.5, 0.6) is 0 Å². The Morgan fingerprint density at radius 1 is 1.59 bits per heavy atom. The number of carbonyl (C=O) groups excluding carboxylic acids is 1. The lowest BCUT2D eigenvalue weighted by molar-refractivity contribution is 0.0947. The summed E-state index contributed by atoms with van der Waals surface area (Å²) in [6, 6.07) is 0.513. The number of carbonyl (C=O) groups is 1. The quantitative estimate of drug-likeness (QED) is 0.666. The number of nitrogens with zero attached hydrogens (tertiary/aromatic N) is 1. The van der Waals surface area contributed by atoms with Crippen LogP contribution < -0.4 is 16.2 Å². The molecule has 6 nitrogen and oxygen atoms in total. The van der Waals surface area contributed by atoms with Crippen LogP contribution in [0.4, 0.5) is 0 Å². The molecule has 1 aromatic rings. The van der Waals surface area contributed by atoms with Gasteiger partial charge in [-0.1, -0.05) is 0 Å². The average molecular weight is 236 g/mol. The van der Waals surface area contributed by atoms with Crippen molar-refractivity contribution in [1.82, 2.24) is 20.6 Å². The molecule has 2 heterocycles. The number of aromatic amines is 1. The van der Waals surface area contributed by atoms with Crippen molar-refractivity contribution in [2.45, 2.75) is 25.3 Å². The Balaban J connectivity index is 1.76. The second kappa shape index (κ2) is 5.58. The predicted octanol–water partition coefficient (Wildman–Crippen LogP) is -0.358. The second-order valence-corrected chi connectivity index (χ2v) is 4.13. The van der Waals surface area contributed by atoms with Crippen molar-refractivity contribution in [2.75, 3.05) is 13.1 Å². The summed E-state index contributed by atoms with van der Waals surface area (Å²) in [5, 5.41) is 6.14. The van der Waals surface area contributed by atoms with Gasteiger partial charge in [0.2, 0.25) is 0 Å². The fourth-order valence-electron chi connectivity index (χ4n) is 1.92. The Morgan fingerprint density at radius 2 is 2.47 bits per heavy atom. The van der Waals surface area contributed by atoms with E-state index in [1.165, 1.54) is 19.0 Å². The first-order valence-electron chi connectivity index (χ1n) is 5.82. The summed E-state index contributed by atoms with van der Waals surface area (Å²) >= 11 is 0. The van der Waals surface area contributed by atoms with Crippen LogP contribution in [0.2, 0.25) is 0 Å². The summed E-state index contributed by atoms with van der Waals surface area (Å²) in [4.78, 5) is 28.6. The predicted molar refractivity (Wildman–Crippen MR) is 62.8 cm³/mol. The van der Waals surface area contributed by atoms with Gasteiger partial charge in [-0.15, -0.1) is 0 Å². The molecule has 1 atom stereocenters. The van der Waals surface area contributed by atoms with Crippen molar-refractivity contribution in [3.8, 4) is 0 Å². The molecule has 0 aliphatic carbocycles. The van der Waals surface area contributed by atoms with Crippen molar-refractivity contribution in [3.63, 3.8) is 0 Å². The first-order chi connectivity index (χ1) is 8.25. The van der Waals surface area contributed by atoms with Gasteiger partial charge in [-0.25, -0.2) is 4.98 Å². The molecule has 0 aromatic carbocycles. The van der Waals surface area contributed by atoms with E-state index in [0.29, 0.717) is 12.6 Å². The Labute approximate surface area is 98.8 Å². The monoisotopic (exact) mass is 236 g/mol. The van der Waals surface area contributed by atoms with E-state index in [2.05, 4.69) is 20.6 Å². The van der Waals surface area contributed by atoms with E-state index in [1.807, 2.05) is 0 Å². The number of hydrogen-bond acceptors (Lipinski definition) is 4. The van der Waals surface area contributed by atoms with Crippen molar-refractivity contribution < 1.29 is 4.79 Å². The molecular formula is C11H16N4O2. The van der Waals surface area contributed by atoms with E-state index in [4.69, 9.17) is 0 Å². The van der Waals surface area contributed by atoms with Gasteiger partial charge in [-0.05, 0) is 25.8 Å². The summed E-state index contributed by atoms with van der Waals surface area (Å²) < 4.78 is 0. The fourth-order valence-corrected chi connectivity index (χ4v) is 1.92. The Hall–Kier alpha value is -1.69. The minimum absolute atomic E-state index is 0.240. The van der Waals surface area contributed by atoms with Gasteiger partial charge in [0, 0.05) is 18.8 Å². The maximum Gasteiger partial charge on any atom is 0.271 e. The Bertz CT molecular complexity index is 417. The van der Waals surface area contributed by atoms with Gasteiger partial charge in [0.05, 0.1) is 6.20 Å². The summed E-state index contributed by atoms with van der Waals surface area (Å²) in [7, 11) is 0. The summed E-state index contributed by atoms with van der Waals surface area (Å²) in [5.41, 5.74) is -0.0688. The van der Waals surface area contributed by atoms with Crippen LogP contribution in [0.1, 0.15) is 29.8 Å². The highest BCUT2D eigenvalue weighted by Crippen LogP contribution is 2.07. The van der Waals surface area contributed by atoms with Gasteiger partial charge in [0.1, 0.15) is 5.69 Å². The molecule has 1 fully saturated rings. The van der Waals surface area contributed by atoms with Gasteiger partial charge in [-0.3, -0.25) is 9.59 Å². The molecular weight excluding hydrogens is 220 g/mol. The van der Waals surface area contributed by atoms with Gasteiger partial charge in [0.25, 0.3) is 11.5 Å². The van der Waals surface area contributed by atoms with E-state index in [-0.39, 0.29) is 17.2 Å². The van der Waals surface area contributed by atoms with Gasteiger partial charge in [-0.2, -0.15) is 0 Å². The average Bonchev–Trinajstić information content (AvgIpc) is 2.83. The van der Waals surface area contributed by atoms with E-state index in [0.717, 1.165) is 19.2 Å². The molecule has 1 aliphatic rings. The molecule has 1 aliphatic heterocycles. The third-order valence-electron chi connectivity index (χ3n) is 2.85. The molecule has 3 N–H and O–H groups in total. The summed E-state index contributed by atoms with van der Waals surface area (Å²) in [6.45, 7) is 1.69. The molecule has 0 unspecified atom stereocenters. The van der Waals surface area contributed by atoms with E-state index in [9.17, 15) is 9.59 Å². The molecule has 2 rings (SSSR count). The molecule has 0 spiro atoms. The lowest BCUT2D eigenvalue weighted by Gasteiger charge is -2.10. The molecule has 0 saturated carbocycles. The Morgan fingerprint density at radius 3 is 3.12 bits per heavy atom. The lowest BCUT2D eigenvalue weighted by atomic mass is 10.1. The number of amides is 1. The molecule has 17 heavy (non-hydrogen) atoms. The molecule has 0 radical (unpaired) electrons. The smallest absolute Gasteiger partial charge is 0.271 e. The third kappa shape index (κ3) is 3.39. The first kappa shape index (κ1) is 11.8. The summed E-state index contributed by atoms with van der Waals surface area (Å²) in [6.07, 6.45) is 5.74. The Kier molecular flexibility index (Phi) is 3.87. The maximum absolute atomic E-state index is 11.6. The van der Waals surface area contributed by atoms with Crippen LogP contribution in [0, 0.1) is 0 Å². The minimum atomic E-state index is -0.309. The zero-order valence-corrected chi connectivity index (χ0v) is 9.53. The molecule has 1 aromatic heterocycles. The van der Waals surface area contributed by atoms with E-state index >= 15 is 0 Å². The third-order valence-corrected chi connectivity index (χ3v) is 2.85. The molecule has 92 valence electrons. The van der Waals surface area contributed by atoms with Gasteiger partial charge < -0.3 is 15.6 Å². The number of H-pyrrole nitrogens is 1. The zero-order chi connectivity index (χ0) is 12.1. The van der Waals surface area contributed by atoms with Crippen LogP contribution in [0.25, 0.3) is 0 Å². The van der Waals surface area contributed by atoms with E-state index in [1.54, 1.807) is 0 Å². The zero-order valence-electron chi connectivity index (χ0n) is 9.53. The van der Waals surface area contributed by atoms with Crippen molar-refractivity contribution >= 4 is 5.91 Å². The highest BCUT2D eigenvalue weighted by molar-refractivity contribution is 5.91. The minimum Gasteiger partial charge on any atom is -0.351 e. The van der Waals surface area contributed by atoms with Crippen LogP contribution in [-0.4, -0.2) is 35.0 Å². The second-order valence-electron chi connectivity index (χ2n) is 4.13. The lowest BCUT2D eigenvalue weighted by Crippen LogP contribution is -2.31. The van der Waals surface area contributed by atoms with Crippen LogP contribution >= 0.6 is 0 Å². The van der Waals surface area contributed by atoms with Crippen LogP contribution in [0.15, 0.2) is 17.2 Å². The number of nitrogens with one attached hydrogen (secondary N) is 3. The maximum atomic E-state index is 11.6. The highest BCUT2D eigenvalue weighted by atomic mass is 16.2. The fraction of sp³-hybridized carbons (Fsp3) is 0.545. The van der Waals surface area contributed by atoms with Crippen molar-refractivity contribution in [3.05, 3.63) is 28.4 Å². The molecule has 0 bridgehead atoms. The molecule has 6 heteroatoms. The van der Waals surface area contributed by atoms with Crippen LogP contribution in [-0.2, 0) is 0 Å². The normalized spacial score (nSPS) is 19.2. The topological polar surface area (TPSA) is 86.9 Å². The summed E-state index contributed by atoms with van der Waals surface area (Å²) in [5.74, 6) is -0.251. The van der Waals surface area contributed by atoms with Crippen LogP contribution in [0.3, 0.4) is 0 Å². The molecule has 1 saturated heterocycles. The van der Waals surface area contributed by atoms with E-state index < -0.39 is 0 Å². The SMILES string of the molecule is O=C(NCC[C@@H]1CCCN1)c1c[nH]c(=O)cn1. The standard InChI is InChI=1S/C11H16N4O2/c16-10-7-14-9(6-15-10)11(17)13-5-3-8-2-1-4-12-8/h6-8,12H,1-5H2,(H,13,17)(H,15,16)/t8-/m0/s1. The van der Waals surface area contributed by atoms with Crippen molar-refractivity contribution in [2.24, 2.45) is 0 Å². The first-order valence-corrected chi connectivity index (χ1v) is 5.82. The number of rotatable bonds is 4. The van der Waals surface area contributed by atoms with Gasteiger partial charge in [0.15, 0.2) is 0 Å².